The molecule has 144 valence electrons. The SMILES string of the molecule is CSc1ccc(C(=O)CCC(=O)N[C@@H](C)c2ccc(-n3ccnc3)cc2)cc1. The smallest absolute Gasteiger partial charge is 0.220 e. The number of carbonyl (C=O) groups is 2. The molecule has 1 heterocycles. The molecule has 0 fully saturated rings. The summed E-state index contributed by atoms with van der Waals surface area (Å²) in [6.07, 6.45) is 7.73. The lowest BCUT2D eigenvalue weighted by molar-refractivity contribution is -0.121. The molecule has 5 nitrogen and oxygen atoms in total. The first kappa shape index (κ1) is 19.9. The summed E-state index contributed by atoms with van der Waals surface area (Å²) < 4.78 is 1.92. The standard InChI is InChI=1S/C22H23N3O2S/c1-16(17-3-7-19(8-4-17)25-14-13-23-15-25)24-22(27)12-11-21(26)18-5-9-20(28-2)10-6-18/h3-10,13-16H,11-12H2,1-2H3,(H,24,27)/t16-/m0/s1. The largest absolute Gasteiger partial charge is 0.350 e. The van der Waals surface area contributed by atoms with Gasteiger partial charge in [0.05, 0.1) is 12.4 Å². The molecule has 28 heavy (non-hydrogen) atoms. The molecule has 3 rings (SSSR count). The molecule has 3 aromatic rings. The molecule has 0 radical (unpaired) electrons. The minimum atomic E-state index is -0.125. The molecule has 0 saturated carbocycles. The van der Waals surface area contributed by atoms with Gasteiger partial charge in [-0.25, -0.2) is 4.98 Å². The third kappa shape index (κ3) is 5.10. The maximum Gasteiger partial charge on any atom is 0.220 e. The van der Waals surface area contributed by atoms with Crippen molar-refractivity contribution < 1.29 is 9.59 Å². The molecular formula is C22H23N3O2S. The van der Waals surface area contributed by atoms with Crippen molar-refractivity contribution >= 4 is 23.5 Å². The molecule has 0 aliphatic heterocycles. The molecule has 0 bridgehead atoms. The van der Waals surface area contributed by atoms with Gasteiger partial charge in [-0.05, 0) is 43.0 Å². The summed E-state index contributed by atoms with van der Waals surface area (Å²) in [7, 11) is 0. The molecular weight excluding hydrogens is 370 g/mol. The number of aromatic nitrogens is 2. The Hall–Kier alpha value is -2.86. The second-order valence-electron chi connectivity index (χ2n) is 6.50. The highest BCUT2D eigenvalue weighted by Crippen LogP contribution is 2.17. The van der Waals surface area contributed by atoms with E-state index in [0.717, 1.165) is 16.1 Å². The quantitative estimate of drug-likeness (QED) is 0.454. The fourth-order valence-electron chi connectivity index (χ4n) is 2.89. The predicted octanol–water partition coefficient (Wildman–Crippen LogP) is 4.43. The van der Waals surface area contributed by atoms with Crippen molar-refractivity contribution in [2.24, 2.45) is 0 Å². The average molecular weight is 394 g/mol. The monoisotopic (exact) mass is 393 g/mol. The maximum absolute atomic E-state index is 12.3. The zero-order valence-corrected chi connectivity index (χ0v) is 16.8. The second kappa shape index (κ2) is 9.37. The van der Waals surface area contributed by atoms with E-state index in [9.17, 15) is 9.59 Å². The average Bonchev–Trinajstić information content (AvgIpc) is 3.27. The molecule has 0 aliphatic carbocycles. The molecule has 0 spiro atoms. The summed E-state index contributed by atoms with van der Waals surface area (Å²) in [6, 6.07) is 15.3. The zero-order chi connectivity index (χ0) is 19.9. The van der Waals surface area contributed by atoms with Crippen LogP contribution in [0.3, 0.4) is 0 Å². The number of hydrogen-bond acceptors (Lipinski definition) is 4. The second-order valence-corrected chi connectivity index (χ2v) is 7.38. The Balaban J connectivity index is 1.50. The molecule has 0 saturated heterocycles. The van der Waals surface area contributed by atoms with Crippen molar-refractivity contribution in [3.63, 3.8) is 0 Å². The van der Waals surface area contributed by atoms with E-state index in [0.29, 0.717) is 5.56 Å². The lowest BCUT2D eigenvalue weighted by Crippen LogP contribution is -2.27. The van der Waals surface area contributed by atoms with Crippen LogP contribution in [0.4, 0.5) is 0 Å². The van der Waals surface area contributed by atoms with Gasteiger partial charge in [-0.2, -0.15) is 0 Å². The Labute approximate surface area is 169 Å². The predicted molar refractivity (Wildman–Crippen MR) is 112 cm³/mol. The summed E-state index contributed by atoms with van der Waals surface area (Å²) >= 11 is 1.63. The minimum Gasteiger partial charge on any atom is -0.350 e. The van der Waals surface area contributed by atoms with E-state index in [1.165, 1.54) is 0 Å². The van der Waals surface area contributed by atoms with Crippen LogP contribution in [-0.2, 0) is 4.79 Å². The topological polar surface area (TPSA) is 64.0 Å². The molecule has 6 heteroatoms. The Morgan fingerprint density at radius 3 is 2.39 bits per heavy atom. The third-order valence-electron chi connectivity index (χ3n) is 4.56. The first-order chi connectivity index (χ1) is 13.6. The summed E-state index contributed by atoms with van der Waals surface area (Å²) in [5.74, 6) is -0.139. The lowest BCUT2D eigenvalue weighted by atomic mass is 10.1. The van der Waals surface area contributed by atoms with Gasteiger partial charge in [0, 0.05) is 41.4 Å². The molecule has 1 N–H and O–H groups in total. The minimum absolute atomic E-state index is 0.0138. The summed E-state index contributed by atoms with van der Waals surface area (Å²) in [5.41, 5.74) is 2.67. The third-order valence-corrected chi connectivity index (χ3v) is 5.31. The summed E-state index contributed by atoms with van der Waals surface area (Å²) in [6.45, 7) is 1.94. The van der Waals surface area contributed by atoms with Crippen LogP contribution in [0.15, 0.2) is 72.1 Å². The number of hydrogen-bond donors (Lipinski definition) is 1. The van der Waals surface area contributed by atoms with Crippen LogP contribution in [0.1, 0.15) is 41.7 Å². The molecule has 0 unspecified atom stereocenters. The van der Waals surface area contributed by atoms with E-state index in [-0.39, 0.29) is 30.6 Å². The Morgan fingerprint density at radius 1 is 1.07 bits per heavy atom. The maximum atomic E-state index is 12.3. The van der Waals surface area contributed by atoms with Gasteiger partial charge in [0.2, 0.25) is 5.91 Å². The highest BCUT2D eigenvalue weighted by atomic mass is 32.2. The van der Waals surface area contributed by atoms with Crippen molar-refractivity contribution in [3.8, 4) is 5.69 Å². The van der Waals surface area contributed by atoms with Gasteiger partial charge in [-0.1, -0.05) is 24.3 Å². The van der Waals surface area contributed by atoms with E-state index >= 15 is 0 Å². The van der Waals surface area contributed by atoms with Crippen LogP contribution in [0.2, 0.25) is 0 Å². The highest BCUT2D eigenvalue weighted by Gasteiger charge is 2.13. The van der Waals surface area contributed by atoms with Gasteiger partial charge < -0.3 is 9.88 Å². The lowest BCUT2D eigenvalue weighted by Gasteiger charge is -2.15. The van der Waals surface area contributed by atoms with Crippen LogP contribution in [0.25, 0.3) is 5.69 Å². The van der Waals surface area contributed by atoms with E-state index in [4.69, 9.17) is 0 Å². The number of nitrogens with zero attached hydrogens (tertiary/aromatic N) is 2. The van der Waals surface area contributed by atoms with Crippen molar-refractivity contribution in [2.75, 3.05) is 6.26 Å². The van der Waals surface area contributed by atoms with Crippen molar-refractivity contribution in [1.82, 2.24) is 14.9 Å². The van der Waals surface area contributed by atoms with E-state index in [1.54, 1.807) is 24.3 Å². The Morgan fingerprint density at radius 2 is 1.79 bits per heavy atom. The number of benzene rings is 2. The number of imidazole rings is 1. The van der Waals surface area contributed by atoms with Gasteiger partial charge in [-0.3, -0.25) is 9.59 Å². The molecule has 1 aromatic heterocycles. The number of carbonyl (C=O) groups excluding carboxylic acids is 2. The van der Waals surface area contributed by atoms with E-state index in [1.807, 2.05) is 72.5 Å². The summed E-state index contributed by atoms with van der Waals surface area (Å²) in [4.78, 5) is 29.6. The highest BCUT2D eigenvalue weighted by molar-refractivity contribution is 7.98. The van der Waals surface area contributed by atoms with Gasteiger partial charge in [0.15, 0.2) is 5.78 Å². The Bertz CT molecular complexity index is 919. The number of nitrogens with one attached hydrogen (secondary N) is 1. The Kier molecular flexibility index (Phi) is 6.66. The fraction of sp³-hybridized carbons (Fsp3) is 0.227. The van der Waals surface area contributed by atoms with Crippen molar-refractivity contribution in [2.45, 2.75) is 30.7 Å². The van der Waals surface area contributed by atoms with Gasteiger partial charge in [0.25, 0.3) is 0 Å². The van der Waals surface area contributed by atoms with Crippen LogP contribution in [-0.4, -0.2) is 27.5 Å². The number of ketones is 1. The number of rotatable bonds is 8. The number of Topliss-reactive ketones (excluding diaryl/α,β-unsaturated/α-hetero) is 1. The molecule has 1 atom stereocenters. The van der Waals surface area contributed by atoms with E-state index < -0.39 is 0 Å². The van der Waals surface area contributed by atoms with Crippen molar-refractivity contribution in [1.29, 1.82) is 0 Å². The van der Waals surface area contributed by atoms with Crippen LogP contribution < -0.4 is 5.32 Å². The molecule has 2 aromatic carbocycles. The van der Waals surface area contributed by atoms with Gasteiger partial charge >= 0.3 is 0 Å². The zero-order valence-electron chi connectivity index (χ0n) is 16.0. The van der Waals surface area contributed by atoms with Crippen molar-refractivity contribution in [3.05, 3.63) is 78.4 Å². The number of amides is 1. The molecule has 1 amide bonds. The van der Waals surface area contributed by atoms with Crippen LogP contribution >= 0.6 is 11.8 Å². The fourth-order valence-corrected chi connectivity index (χ4v) is 3.30. The van der Waals surface area contributed by atoms with Gasteiger partial charge in [0.1, 0.15) is 0 Å². The van der Waals surface area contributed by atoms with Crippen LogP contribution in [0, 0.1) is 0 Å². The first-order valence-electron chi connectivity index (χ1n) is 9.11. The number of thioether (sulfide) groups is 1. The normalized spacial score (nSPS) is 11.8. The molecule has 0 aliphatic rings. The van der Waals surface area contributed by atoms with Gasteiger partial charge in [-0.15, -0.1) is 11.8 Å². The van der Waals surface area contributed by atoms with E-state index in [2.05, 4.69) is 10.3 Å². The first-order valence-corrected chi connectivity index (χ1v) is 10.3. The van der Waals surface area contributed by atoms with Crippen LogP contribution in [0.5, 0.6) is 0 Å². The summed E-state index contributed by atoms with van der Waals surface area (Å²) in [5, 5.41) is 2.96.